The molecule has 24 heavy (non-hydrogen) atoms. The molecule has 1 aliphatic rings. The van der Waals surface area contributed by atoms with E-state index in [1.54, 1.807) is 0 Å². The standard InChI is InChI=1S/C20H23NO3/c22-20(23)15-16-4-3-5-18(14-16)17-6-8-19(9-7-17)24-13-12-21-10-1-2-11-21/h3-9,14H,1-2,10-13,15H2,(H,22,23). The molecule has 0 aliphatic carbocycles. The van der Waals surface area contributed by atoms with Gasteiger partial charge in [-0.1, -0.05) is 36.4 Å². The normalized spacial score (nSPS) is 14.7. The van der Waals surface area contributed by atoms with Gasteiger partial charge in [0.15, 0.2) is 0 Å². The second kappa shape index (κ2) is 7.97. The van der Waals surface area contributed by atoms with Crippen LogP contribution in [0.15, 0.2) is 48.5 Å². The Morgan fingerprint density at radius 2 is 1.79 bits per heavy atom. The zero-order chi connectivity index (χ0) is 16.8. The fourth-order valence-electron chi connectivity index (χ4n) is 3.08. The maximum Gasteiger partial charge on any atom is 0.307 e. The van der Waals surface area contributed by atoms with Crippen LogP contribution in [0.5, 0.6) is 5.75 Å². The van der Waals surface area contributed by atoms with Crippen LogP contribution in [0.2, 0.25) is 0 Å². The van der Waals surface area contributed by atoms with Crippen molar-refractivity contribution >= 4 is 5.97 Å². The van der Waals surface area contributed by atoms with Gasteiger partial charge in [0.2, 0.25) is 0 Å². The highest BCUT2D eigenvalue weighted by molar-refractivity contribution is 5.72. The van der Waals surface area contributed by atoms with E-state index in [0.717, 1.165) is 29.0 Å². The van der Waals surface area contributed by atoms with E-state index in [1.165, 1.54) is 25.9 Å². The highest BCUT2D eigenvalue weighted by Crippen LogP contribution is 2.23. The summed E-state index contributed by atoms with van der Waals surface area (Å²) < 4.78 is 5.82. The van der Waals surface area contributed by atoms with Gasteiger partial charge in [-0.2, -0.15) is 0 Å². The average Bonchev–Trinajstić information content (AvgIpc) is 3.09. The number of rotatable bonds is 7. The molecule has 0 unspecified atom stereocenters. The van der Waals surface area contributed by atoms with Gasteiger partial charge in [0.1, 0.15) is 12.4 Å². The lowest BCUT2D eigenvalue weighted by molar-refractivity contribution is -0.136. The number of carboxylic acid groups (broad SMARTS) is 1. The summed E-state index contributed by atoms with van der Waals surface area (Å²) in [7, 11) is 0. The molecule has 1 aliphatic heterocycles. The van der Waals surface area contributed by atoms with Crippen LogP contribution in [0.25, 0.3) is 11.1 Å². The number of carbonyl (C=O) groups is 1. The summed E-state index contributed by atoms with van der Waals surface area (Å²) in [5.74, 6) is 0.0635. The second-order valence-electron chi connectivity index (χ2n) is 6.19. The van der Waals surface area contributed by atoms with Crippen molar-refractivity contribution in [3.05, 3.63) is 54.1 Å². The van der Waals surface area contributed by atoms with Crippen LogP contribution in [-0.2, 0) is 11.2 Å². The Hall–Kier alpha value is -2.33. The summed E-state index contributed by atoms with van der Waals surface area (Å²) in [6.45, 7) is 4.08. The van der Waals surface area contributed by atoms with Crippen molar-refractivity contribution in [1.29, 1.82) is 0 Å². The molecule has 0 amide bonds. The van der Waals surface area contributed by atoms with E-state index >= 15 is 0 Å². The van der Waals surface area contributed by atoms with Crippen molar-refractivity contribution in [2.45, 2.75) is 19.3 Å². The van der Waals surface area contributed by atoms with E-state index in [0.29, 0.717) is 6.61 Å². The number of nitrogens with zero attached hydrogens (tertiary/aromatic N) is 1. The summed E-state index contributed by atoms with van der Waals surface area (Å²) in [6.07, 6.45) is 2.65. The minimum atomic E-state index is -0.811. The molecule has 0 spiro atoms. The Morgan fingerprint density at radius 1 is 1.04 bits per heavy atom. The quantitative estimate of drug-likeness (QED) is 0.847. The van der Waals surface area contributed by atoms with Crippen molar-refractivity contribution in [3.8, 4) is 16.9 Å². The van der Waals surface area contributed by atoms with Crippen LogP contribution in [-0.4, -0.2) is 42.2 Å². The van der Waals surface area contributed by atoms with Gasteiger partial charge in [-0.25, -0.2) is 0 Å². The summed E-state index contributed by atoms with van der Waals surface area (Å²) in [4.78, 5) is 13.3. The molecule has 1 saturated heterocycles. The van der Waals surface area contributed by atoms with Crippen molar-refractivity contribution in [1.82, 2.24) is 4.90 Å². The Labute approximate surface area is 142 Å². The Kier molecular flexibility index (Phi) is 5.49. The zero-order valence-electron chi connectivity index (χ0n) is 13.8. The molecule has 0 atom stereocenters. The molecule has 126 valence electrons. The maximum atomic E-state index is 10.8. The highest BCUT2D eigenvalue weighted by atomic mass is 16.5. The smallest absolute Gasteiger partial charge is 0.307 e. The molecule has 4 nitrogen and oxygen atoms in total. The Bertz CT molecular complexity index is 676. The number of benzene rings is 2. The van der Waals surface area contributed by atoms with Gasteiger partial charge in [-0.3, -0.25) is 9.69 Å². The van der Waals surface area contributed by atoms with E-state index in [9.17, 15) is 4.79 Å². The summed E-state index contributed by atoms with van der Waals surface area (Å²) in [5, 5.41) is 8.91. The number of hydrogen-bond donors (Lipinski definition) is 1. The molecule has 2 aromatic rings. The molecule has 1 heterocycles. The van der Waals surface area contributed by atoms with Gasteiger partial charge in [-0.15, -0.1) is 0 Å². The topological polar surface area (TPSA) is 49.8 Å². The van der Waals surface area contributed by atoms with Gasteiger partial charge in [0.25, 0.3) is 0 Å². The molecule has 0 radical (unpaired) electrons. The molecule has 4 heteroatoms. The van der Waals surface area contributed by atoms with Crippen LogP contribution in [0.1, 0.15) is 18.4 Å². The first kappa shape index (κ1) is 16.5. The van der Waals surface area contributed by atoms with Crippen LogP contribution in [0, 0.1) is 0 Å². The van der Waals surface area contributed by atoms with Crippen LogP contribution in [0.3, 0.4) is 0 Å². The predicted molar refractivity (Wildman–Crippen MR) is 94.4 cm³/mol. The molecule has 0 saturated carbocycles. The predicted octanol–water partition coefficient (Wildman–Crippen LogP) is 3.46. The number of aliphatic carboxylic acids is 1. The summed E-state index contributed by atoms with van der Waals surface area (Å²) >= 11 is 0. The monoisotopic (exact) mass is 325 g/mol. The van der Waals surface area contributed by atoms with E-state index in [-0.39, 0.29) is 6.42 Å². The van der Waals surface area contributed by atoms with Crippen LogP contribution in [0.4, 0.5) is 0 Å². The first-order chi connectivity index (χ1) is 11.7. The molecular weight excluding hydrogens is 302 g/mol. The summed E-state index contributed by atoms with van der Waals surface area (Å²) in [5.41, 5.74) is 2.90. The molecule has 2 aromatic carbocycles. The largest absolute Gasteiger partial charge is 0.492 e. The molecule has 0 aromatic heterocycles. The maximum absolute atomic E-state index is 10.8. The zero-order valence-corrected chi connectivity index (χ0v) is 13.8. The van der Waals surface area contributed by atoms with Crippen molar-refractivity contribution in [2.24, 2.45) is 0 Å². The van der Waals surface area contributed by atoms with Crippen molar-refractivity contribution < 1.29 is 14.6 Å². The van der Waals surface area contributed by atoms with Crippen LogP contribution < -0.4 is 4.74 Å². The van der Waals surface area contributed by atoms with E-state index in [4.69, 9.17) is 9.84 Å². The third kappa shape index (κ3) is 4.59. The first-order valence-corrected chi connectivity index (χ1v) is 8.47. The lowest BCUT2D eigenvalue weighted by Crippen LogP contribution is -2.25. The lowest BCUT2D eigenvalue weighted by Gasteiger charge is -2.15. The van der Waals surface area contributed by atoms with E-state index in [2.05, 4.69) is 4.90 Å². The van der Waals surface area contributed by atoms with Crippen molar-refractivity contribution in [2.75, 3.05) is 26.2 Å². The number of carboxylic acids is 1. The van der Waals surface area contributed by atoms with Gasteiger partial charge < -0.3 is 9.84 Å². The number of likely N-dealkylation sites (tertiary alicyclic amines) is 1. The summed E-state index contributed by atoms with van der Waals surface area (Å²) in [6, 6.07) is 15.6. The lowest BCUT2D eigenvalue weighted by atomic mass is 10.0. The third-order valence-electron chi connectivity index (χ3n) is 4.34. The minimum Gasteiger partial charge on any atom is -0.492 e. The molecular formula is C20H23NO3. The fourth-order valence-corrected chi connectivity index (χ4v) is 3.08. The van der Waals surface area contributed by atoms with Crippen LogP contribution >= 0.6 is 0 Å². The highest BCUT2D eigenvalue weighted by Gasteiger charge is 2.10. The first-order valence-electron chi connectivity index (χ1n) is 8.47. The molecule has 1 N–H and O–H groups in total. The van der Waals surface area contributed by atoms with Crippen molar-refractivity contribution in [3.63, 3.8) is 0 Å². The second-order valence-corrected chi connectivity index (χ2v) is 6.19. The van der Waals surface area contributed by atoms with Gasteiger partial charge in [0, 0.05) is 6.54 Å². The number of hydrogen-bond acceptors (Lipinski definition) is 3. The van der Waals surface area contributed by atoms with Gasteiger partial charge >= 0.3 is 5.97 Å². The van der Waals surface area contributed by atoms with E-state index < -0.39 is 5.97 Å². The Balaban J connectivity index is 1.58. The molecule has 3 rings (SSSR count). The molecule has 1 fully saturated rings. The fraction of sp³-hybridized carbons (Fsp3) is 0.350. The third-order valence-corrected chi connectivity index (χ3v) is 4.34. The molecule has 0 bridgehead atoms. The average molecular weight is 325 g/mol. The van der Waals surface area contributed by atoms with E-state index in [1.807, 2.05) is 48.5 Å². The van der Waals surface area contributed by atoms with Gasteiger partial charge in [0.05, 0.1) is 6.42 Å². The Morgan fingerprint density at radius 3 is 2.50 bits per heavy atom. The van der Waals surface area contributed by atoms with Gasteiger partial charge in [-0.05, 0) is 54.8 Å². The number of ether oxygens (including phenoxy) is 1. The minimum absolute atomic E-state index is 0.0472. The SMILES string of the molecule is O=C(O)Cc1cccc(-c2ccc(OCCN3CCCC3)cc2)c1.